The lowest BCUT2D eigenvalue weighted by atomic mass is 9.96. The maximum Gasteiger partial charge on any atom is 0.252 e. The number of halogens is 2. The number of carbonyl (C=O) groups is 1. The zero-order chi connectivity index (χ0) is 13.9. The number of likely N-dealkylation sites (tertiary alicyclic amines) is 1. The molecule has 1 unspecified atom stereocenters. The highest BCUT2D eigenvalue weighted by molar-refractivity contribution is 5.85. The number of carbonyl (C=O) groups excluding carboxylic acids is 1. The van der Waals surface area contributed by atoms with Gasteiger partial charge in [-0.15, -0.1) is 24.8 Å². The molecule has 1 aromatic heterocycles. The first-order valence-corrected chi connectivity index (χ1v) is 7.44. The number of nitrogens with zero attached hydrogens (tertiary/aromatic N) is 2. The minimum absolute atomic E-state index is 0. The van der Waals surface area contributed by atoms with Crippen LogP contribution < -0.4 is 5.73 Å². The third-order valence-electron chi connectivity index (χ3n) is 4.34. The fraction of sp³-hybridized carbons (Fsp3) is 0.714. The van der Waals surface area contributed by atoms with Gasteiger partial charge in [-0.2, -0.15) is 5.10 Å². The van der Waals surface area contributed by atoms with Gasteiger partial charge in [-0.25, -0.2) is 0 Å². The van der Waals surface area contributed by atoms with Crippen LogP contribution in [0.5, 0.6) is 0 Å². The van der Waals surface area contributed by atoms with Crippen LogP contribution in [0.25, 0.3) is 0 Å². The molecular weight excluding hydrogens is 327 g/mol. The second kappa shape index (κ2) is 8.72. The number of aromatic amines is 1. The molecule has 2 aliphatic rings. The van der Waals surface area contributed by atoms with E-state index in [4.69, 9.17) is 10.5 Å². The van der Waals surface area contributed by atoms with Gasteiger partial charge in [0.05, 0.1) is 18.3 Å². The van der Waals surface area contributed by atoms with Crippen LogP contribution in [0.1, 0.15) is 43.7 Å². The summed E-state index contributed by atoms with van der Waals surface area (Å²) in [7, 11) is 0. The minimum atomic E-state index is -0.309. The molecular formula is C14H24Cl2N4O2. The van der Waals surface area contributed by atoms with E-state index < -0.39 is 0 Å². The van der Waals surface area contributed by atoms with Crippen molar-refractivity contribution in [1.82, 2.24) is 15.1 Å². The molecule has 3 rings (SSSR count). The first-order chi connectivity index (χ1) is 9.79. The molecule has 3 heterocycles. The number of nitrogens with two attached hydrogens (primary N) is 1. The second-order valence-corrected chi connectivity index (χ2v) is 5.63. The van der Waals surface area contributed by atoms with E-state index in [0.29, 0.717) is 6.54 Å². The van der Waals surface area contributed by atoms with Crippen molar-refractivity contribution in [3.8, 4) is 0 Å². The van der Waals surface area contributed by atoms with Crippen LogP contribution in [0.2, 0.25) is 0 Å². The summed E-state index contributed by atoms with van der Waals surface area (Å²) < 4.78 is 5.75. The molecule has 0 radical (unpaired) electrons. The maximum absolute atomic E-state index is 12.7. The topological polar surface area (TPSA) is 84.2 Å². The van der Waals surface area contributed by atoms with Gasteiger partial charge in [-0.3, -0.25) is 9.89 Å². The summed E-state index contributed by atoms with van der Waals surface area (Å²) in [5.74, 6) is 0.117. The lowest BCUT2D eigenvalue weighted by Crippen LogP contribution is -2.44. The van der Waals surface area contributed by atoms with Gasteiger partial charge in [0.25, 0.3) is 5.91 Å². The van der Waals surface area contributed by atoms with E-state index >= 15 is 0 Å². The van der Waals surface area contributed by atoms with Crippen LogP contribution >= 0.6 is 24.8 Å². The van der Waals surface area contributed by atoms with E-state index in [-0.39, 0.29) is 49.0 Å². The van der Waals surface area contributed by atoms with E-state index in [2.05, 4.69) is 10.2 Å². The van der Waals surface area contributed by atoms with Crippen molar-refractivity contribution >= 4 is 30.7 Å². The normalized spacial score (nSPS) is 27.9. The van der Waals surface area contributed by atoms with Crippen LogP contribution in [0, 0.1) is 0 Å². The van der Waals surface area contributed by atoms with E-state index in [0.717, 1.165) is 44.2 Å². The van der Waals surface area contributed by atoms with Crippen molar-refractivity contribution in [2.24, 2.45) is 5.73 Å². The van der Waals surface area contributed by atoms with Crippen LogP contribution in [-0.2, 0) is 9.53 Å². The molecule has 2 fully saturated rings. The molecule has 1 aromatic rings. The average Bonchev–Trinajstić information content (AvgIpc) is 3.17. The first-order valence-electron chi connectivity index (χ1n) is 7.44. The Morgan fingerprint density at radius 3 is 2.82 bits per heavy atom. The van der Waals surface area contributed by atoms with Crippen LogP contribution in [0.15, 0.2) is 12.4 Å². The van der Waals surface area contributed by atoms with Gasteiger partial charge in [0.15, 0.2) is 0 Å². The van der Waals surface area contributed by atoms with E-state index in [1.807, 2.05) is 17.3 Å². The lowest BCUT2D eigenvalue weighted by molar-refractivity contribution is -0.146. The maximum atomic E-state index is 12.7. The summed E-state index contributed by atoms with van der Waals surface area (Å²) in [6, 6.07) is 0.135. The Hall–Kier alpha value is -0.820. The summed E-state index contributed by atoms with van der Waals surface area (Å²) in [6.07, 6.45) is 8.31. The van der Waals surface area contributed by atoms with E-state index in [9.17, 15) is 4.79 Å². The molecule has 126 valence electrons. The number of aromatic nitrogens is 2. The Morgan fingerprint density at radius 2 is 2.18 bits per heavy atom. The molecule has 0 spiro atoms. The Morgan fingerprint density at radius 1 is 1.36 bits per heavy atom. The Kier molecular flexibility index (Phi) is 7.62. The highest BCUT2D eigenvalue weighted by Gasteiger charge is 2.37. The first kappa shape index (κ1) is 19.2. The monoisotopic (exact) mass is 350 g/mol. The van der Waals surface area contributed by atoms with Crippen molar-refractivity contribution in [1.29, 1.82) is 0 Å². The average molecular weight is 351 g/mol. The number of ether oxygens (including phenoxy) is 1. The van der Waals surface area contributed by atoms with Gasteiger partial charge in [-0.1, -0.05) is 0 Å². The highest BCUT2D eigenvalue weighted by atomic mass is 35.5. The second-order valence-electron chi connectivity index (χ2n) is 5.63. The van der Waals surface area contributed by atoms with Crippen molar-refractivity contribution in [3.63, 3.8) is 0 Å². The molecule has 3 atom stereocenters. The number of H-pyrrole nitrogens is 1. The standard InChI is InChI=1S/C14H22N4O2.2ClH/c15-7-11-4-5-13(20-11)14(19)18-6-2-1-3-12(18)10-8-16-17-9-10;;/h8-9,11-13H,1-7,15H2,(H,16,17);2*1H/t11-,12?,13+;;/m1../s1. The minimum Gasteiger partial charge on any atom is -0.364 e. The zero-order valence-electron chi connectivity index (χ0n) is 12.4. The lowest BCUT2D eigenvalue weighted by Gasteiger charge is -2.36. The summed E-state index contributed by atoms with van der Waals surface area (Å²) in [4.78, 5) is 14.7. The Balaban J connectivity index is 0.00000121. The van der Waals surface area contributed by atoms with Crippen molar-refractivity contribution < 1.29 is 9.53 Å². The molecule has 0 saturated carbocycles. The third kappa shape index (κ3) is 3.93. The number of hydrogen-bond donors (Lipinski definition) is 2. The predicted molar refractivity (Wildman–Crippen MR) is 88.3 cm³/mol. The van der Waals surface area contributed by atoms with Gasteiger partial charge >= 0.3 is 0 Å². The third-order valence-corrected chi connectivity index (χ3v) is 4.34. The fourth-order valence-corrected chi connectivity index (χ4v) is 3.23. The van der Waals surface area contributed by atoms with Crippen molar-refractivity contribution in [2.75, 3.05) is 13.1 Å². The molecule has 6 nitrogen and oxygen atoms in total. The molecule has 22 heavy (non-hydrogen) atoms. The molecule has 0 bridgehead atoms. The molecule has 2 saturated heterocycles. The molecule has 8 heteroatoms. The van der Waals surface area contributed by atoms with Gasteiger partial charge in [0.1, 0.15) is 6.10 Å². The smallest absolute Gasteiger partial charge is 0.252 e. The molecule has 2 aliphatic heterocycles. The van der Waals surface area contributed by atoms with E-state index in [1.165, 1.54) is 0 Å². The van der Waals surface area contributed by atoms with Gasteiger partial charge < -0.3 is 15.4 Å². The predicted octanol–water partition coefficient (Wildman–Crippen LogP) is 1.81. The van der Waals surface area contributed by atoms with Crippen molar-refractivity contribution in [2.45, 2.75) is 50.4 Å². The largest absolute Gasteiger partial charge is 0.364 e. The summed E-state index contributed by atoms with van der Waals surface area (Å²) in [6.45, 7) is 1.30. The van der Waals surface area contributed by atoms with Gasteiger partial charge in [-0.05, 0) is 32.1 Å². The summed E-state index contributed by atoms with van der Waals surface area (Å²) >= 11 is 0. The van der Waals surface area contributed by atoms with E-state index in [1.54, 1.807) is 0 Å². The van der Waals surface area contributed by atoms with Crippen LogP contribution in [-0.4, -0.2) is 46.3 Å². The summed E-state index contributed by atoms with van der Waals surface area (Å²) in [5, 5.41) is 6.84. The SMILES string of the molecule is Cl.Cl.NC[C@H]1CC[C@@H](C(=O)N2CCCCC2c2cn[nH]c2)O1. The van der Waals surface area contributed by atoms with Gasteiger partial charge in [0, 0.05) is 24.8 Å². The number of nitrogens with one attached hydrogen (secondary N) is 1. The quantitative estimate of drug-likeness (QED) is 0.870. The number of piperidine rings is 1. The number of hydrogen-bond acceptors (Lipinski definition) is 4. The molecule has 0 aromatic carbocycles. The Bertz CT molecular complexity index is 458. The molecule has 0 aliphatic carbocycles. The van der Waals surface area contributed by atoms with Crippen LogP contribution in [0.4, 0.5) is 0 Å². The summed E-state index contributed by atoms with van der Waals surface area (Å²) in [5.41, 5.74) is 6.71. The number of rotatable bonds is 3. The zero-order valence-corrected chi connectivity index (χ0v) is 14.1. The van der Waals surface area contributed by atoms with Gasteiger partial charge in [0.2, 0.25) is 0 Å². The Labute approximate surface area is 143 Å². The molecule has 1 amide bonds. The van der Waals surface area contributed by atoms with Crippen molar-refractivity contribution in [3.05, 3.63) is 18.0 Å². The van der Waals surface area contributed by atoms with Crippen LogP contribution in [0.3, 0.4) is 0 Å². The fourth-order valence-electron chi connectivity index (χ4n) is 3.23. The molecule has 3 N–H and O–H groups in total. The number of amides is 1. The highest BCUT2D eigenvalue weighted by Crippen LogP contribution is 2.32.